The summed E-state index contributed by atoms with van der Waals surface area (Å²) in [5, 5.41) is 8.16. The summed E-state index contributed by atoms with van der Waals surface area (Å²) in [4.78, 5) is 12.3. The molecule has 0 fully saturated rings. The molecule has 0 aliphatic carbocycles. The molecule has 4 rings (SSSR count). The molecule has 0 spiro atoms. The van der Waals surface area contributed by atoms with Crippen LogP contribution in [0.25, 0.3) is 6.08 Å². The van der Waals surface area contributed by atoms with E-state index >= 15 is 0 Å². The summed E-state index contributed by atoms with van der Waals surface area (Å²) in [5.41, 5.74) is 3.17. The number of ketones is 1. The number of carbonyl (C=O) groups is 1. The van der Waals surface area contributed by atoms with Gasteiger partial charge in [0.15, 0.2) is 5.78 Å². The average molecular weight is 413 g/mol. The van der Waals surface area contributed by atoms with Crippen molar-refractivity contribution in [2.75, 3.05) is 0 Å². The number of hydrogen-bond donors (Lipinski definition) is 0. The fourth-order valence-electron chi connectivity index (χ4n) is 2.96. The maximum absolute atomic E-state index is 13.0. The van der Waals surface area contributed by atoms with Gasteiger partial charge in [0.2, 0.25) is 0 Å². The molecular weight excluding hydrogens is 393 g/mol. The number of benzene rings is 3. The largest absolute Gasteiger partial charge is 0.487 e. The van der Waals surface area contributed by atoms with Crippen molar-refractivity contribution in [3.63, 3.8) is 0 Å². The van der Waals surface area contributed by atoms with Crippen molar-refractivity contribution in [1.82, 2.24) is 15.0 Å². The van der Waals surface area contributed by atoms with Crippen LogP contribution in [0.3, 0.4) is 0 Å². The monoisotopic (exact) mass is 413 g/mol. The van der Waals surface area contributed by atoms with E-state index in [0.29, 0.717) is 23.6 Å². The van der Waals surface area contributed by atoms with Gasteiger partial charge < -0.3 is 4.74 Å². The molecule has 0 bridgehead atoms. The van der Waals surface area contributed by atoms with E-state index in [1.54, 1.807) is 59.4 Å². The third-order valence-electron chi connectivity index (χ3n) is 4.60. The van der Waals surface area contributed by atoms with E-state index in [-0.39, 0.29) is 18.2 Å². The molecule has 154 valence electrons. The zero-order valence-electron chi connectivity index (χ0n) is 16.7. The standard InChI is InChI=1S/C25H20FN3O2/c26-22-11-6-20(7-12-22)16-29-17-23(27-28-29)18-31-24-13-9-21(10-14-24)25(30)15-8-19-4-2-1-3-5-19/h1-15,17H,16,18H2/b15-8+. The molecule has 5 nitrogen and oxygen atoms in total. The number of nitrogens with zero attached hydrogens (tertiary/aromatic N) is 3. The molecule has 0 unspecified atom stereocenters. The van der Waals surface area contributed by atoms with Crippen molar-refractivity contribution < 1.29 is 13.9 Å². The number of aromatic nitrogens is 3. The summed E-state index contributed by atoms with van der Waals surface area (Å²) in [5.74, 6) is 0.298. The van der Waals surface area contributed by atoms with Crippen LogP contribution in [0.5, 0.6) is 5.75 Å². The summed E-state index contributed by atoms with van der Waals surface area (Å²) in [6.45, 7) is 0.755. The zero-order chi connectivity index (χ0) is 21.5. The Hall–Kier alpha value is -4.06. The summed E-state index contributed by atoms with van der Waals surface area (Å²) >= 11 is 0. The number of halogens is 1. The van der Waals surface area contributed by atoms with Gasteiger partial charge in [-0.15, -0.1) is 5.10 Å². The van der Waals surface area contributed by atoms with Gasteiger partial charge in [0, 0.05) is 5.56 Å². The van der Waals surface area contributed by atoms with Crippen LogP contribution in [-0.2, 0) is 13.2 Å². The maximum atomic E-state index is 13.0. The Morgan fingerprint density at radius 1 is 0.968 bits per heavy atom. The number of carbonyl (C=O) groups excluding carboxylic acids is 1. The van der Waals surface area contributed by atoms with Crippen molar-refractivity contribution in [2.45, 2.75) is 13.2 Å². The Balaban J connectivity index is 1.30. The van der Waals surface area contributed by atoms with Gasteiger partial charge in [0.1, 0.15) is 23.9 Å². The summed E-state index contributed by atoms with van der Waals surface area (Å²) < 4.78 is 20.4. The first-order valence-corrected chi connectivity index (χ1v) is 9.79. The highest BCUT2D eigenvalue weighted by Crippen LogP contribution is 2.15. The van der Waals surface area contributed by atoms with Gasteiger partial charge in [-0.1, -0.05) is 53.8 Å². The Labute approximate surface area is 179 Å². The minimum atomic E-state index is -0.267. The van der Waals surface area contributed by atoms with E-state index in [2.05, 4.69) is 10.3 Å². The summed E-state index contributed by atoms with van der Waals surface area (Å²) in [6.07, 6.45) is 5.14. The van der Waals surface area contributed by atoms with Crippen molar-refractivity contribution >= 4 is 11.9 Å². The molecule has 0 amide bonds. The third kappa shape index (κ3) is 5.73. The van der Waals surface area contributed by atoms with E-state index in [4.69, 9.17) is 4.74 Å². The second-order valence-electron chi connectivity index (χ2n) is 6.96. The summed E-state index contributed by atoms with van der Waals surface area (Å²) in [6, 6.07) is 22.9. The SMILES string of the molecule is O=C(/C=C/c1ccccc1)c1ccc(OCc2cn(Cc3ccc(F)cc3)nn2)cc1. The zero-order valence-corrected chi connectivity index (χ0v) is 16.7. The number of rotatable bonds is 8. The smallest absolute Gasteiger partial charge is 0.185 e. The fourth-order valence-corrected chi connectivity index (χ4v) is 2.96. The Kier molecular flexibility index (Phi) is 6.28. The van der Waals surface area contributed by atoms with E-state index in [0.717, 1.165) is 11.1 Å². The minimum absolute atomic E-state index is 0.0702. The Bertz CT molecular complexity index is 1170. The fraction of sp³-hybridized carbons (Fsp3) is 0.0800. The molecule has 0 aliphatic rings. The van der Waals surface area contributed by atoms with E-state index in [1.165, 1.54) is 12.1 Å². The normalized spacial score (nSPS) is 11.0. The lowest BCUT2D eigenvalue weighted by molar-refractivity contribution is 0.104. The molecule has 4 aromatic rings. The molecule has 1 aromatic heterocycles. The van der Waals surface area contributed by atoms with Gasteiger partial charge in [-0.05, 0) is 53.6 Å². The van der Waals surface area contributed by atoms with Crippen LogP contribution in [0.4, 0.5) is 4.39 Å². The molecule has 1 heterocycles. The molecule has 3 aromatic carbocycles. The van der Waals surface area contributed by atoms with Gasteiger partial charge in [-0.3, -0.25) is 4.79 Å². The molecule has 6 heteroatoms. The van der Waals surface area contributed by atoms with E-state index in [9.17, 15) is 9.18 Å². The predicted octanol–water partition coefficient (Wildman–Crippen LogP) is 4.94. The predicted molar refractivity (Wildman–Crippen MR) is 116 cm³/mol. The van der Waals surface area contributed by atoms with E-state index < -0.39 is 0 Å². The average Bonchev–Trinajstić information content (AvgIpc) is 3.26. The lowest BCUT2D eigenvalue weighted by atomic mass is 10.1. The molecular formula is C25H20FN3O2. The molecule has 0 aliphatic heterocycles. The first-order valence-electron chi connectivity index (χ1n) is 9.79. The molecule has 0 saturated heterocycles. The van der Waals surface area contributed by atoms with Crippen molar-refractivity contribution in [3.05, 3.63) is 119 Å². The number of hydrogen-bond acceptors (Lipinski definition) is 4. The maximum Gasteiger partial charge on any atom is 0.185 e. The van der Waals surface area contributed by atoms with Crippen LogP contribution in [0.1, 0.15) is 27.2 Å². The lowest BCUT2D eigenvalue weighted by Gasteiger charge is -2.04. The highest BCUT2D eigenvalue weighted by atomic mass is 19.1. The van der Waals surface area contributed by atoms with Crippen molar-refractivity contribution in [1.29, 1.82) is 0 Å². The van der Waals surface area contributed by atoms with Crippen LogP contribution in [-0.4, -0.2) is 20.8 Å². The van der Waals surface area contributed by atoms with Gasteiger partial charge in [-0.2, -0.15) is 0 Å². The first kappa shape index (κ1) is 20.2. The van der Waals surface area contributed by atoms with Crippen molar-refractivity contribution in [3.8, 4) is 5.75 Å². The van der Waals surface area contributed by atoms with Gasteiger partial charge in [-0.25, -0.2) is 9.07 Å². The molecule has 31 heavy (non-hydrogen) atoms. The second-order valence-corrected chi connectivity index (χ2v) is 6.96. The quantitative estimate of drug-likeness (QED) is 0.303. The van der Waals surface area contributed by atoms with Crippen LogP contribution in [0, 0.1) is 5.82 Å². The number of allylic oxidation sites excluding steroid dienone is 1. The highest BCUT2D eigenvalue weighted by molar-refractivity contribution is 6.06. The Morgan fingerprint density at radius 3 is 2.45 bits per heavy atom. The Morgan fingerprint density at radius 2 is 1.71 bits per heavy atom. The van der Waals surface area contributed by atoms with Crippen LogP contribution < -0.4 is 4.74 Å². The molecule has 0 atom stereocenters. The van der Waals surface area contributed by atoms with Crippen LogP contribution in [0.2, 0.25) is 0 Å². The van der Waals surface area contributed by atoms with Gasteiger partial charge in [0.05, 0.1) is 12.7 Å². The number of ether oxygens (including phenoxy) is 1. The minimum Gasteiger partial charge on any atom is -0.487 e. The topological polar surface area (TPSA) is 57.0 Å². The molecule has 0 radical (unpaired) electrons. The lowest BCUT2D eigenvalue weighted by Crippen LogP contribution is -2.00. The van der Waals surface area contributed by atoms with Gasteiger partial charge in [0.25, 0.3) is 0 Å². The first-order chi connectivity index (χ1) is 15.2. The van der Waals surface area contributed by atoms with Gasteiger partial charge >= 0.3 is 0 Å². The van der Waals surface area contributed by atoms with E-state index in [1.807, 2.05) is 30.3 Å². The highest BCUT2D eigenvalue weighted by Gasteiger charge is 2.05. The third-order valence-corrected chi connectivity index (χ3v) is 4.60. The summed E-state index contributed by atoms with van der Waals surface area (Å²) in [7, 11) is 0. The van der Waals surface area contributed by atoms with Crippen LogP contribution in [0.15, 0.2) is 91.1 Å². The molecule has 0 saturated carbocycles. The van der Waals surface area contributed by atoms with Crippen LogP contribution >= 0.6 is 0 Å². The molecule has 0 N–H and O–H groups in total. The second kappa shape index (κ2) is 9.63. The van der Waals surface area contributed by atoms with Crippen molar-refractivity contribution in [2.24, 2.45) is 0 Å².